The normalized spacial score (nSPS) is 20.0. The van der Waals surface area contributed by atoms with Crippen LogP contribution in [-0.4, -0.2) is 40.0 Å². The van der Waals surface area contributed by atoms with Crippen molar-refractivity contribution in [1.82, 2.24) is 9.99 Å². The first kappa shape index (κ1) is 17.9. The Morgan fingerprint density at radius 3 is 2.58 bits per heavy atom. The van der Waals surface area contributed by atoms with Gasteiger partial charge in [0.25, 0.3) is 5.91 Å². The van der Waals surface area contributed by atoms with Crippen LogP contribution in [0.4, 0.5) is 13.2 Å². The molecule has 0 aliphatic carbocycles. The molecule has 2 heterocycles. The molecule has 2 aromatic rings. The molecule has 0 bridgehead atoms. The molecule has 0 radical (unpaired) electrons. The number of halogens is 3. The molecular weight excluding hydrogens is 351 g/mol. The molecule has 0 saturated carbocycles. The molecule has 1 atom stereocenters. The monoisotopic (exact) mass is 365 g/mol. The number of ether oxygens (including phenoxy) is 1. The lowest BCUT2D eigenvalue weighted by Crippen LogP contribution is -2.43. The molecule has 3 rings (SSSR count). The molecular formula is C17H14F3N3O3. The number of hydrazone groups is 1. The van der Waals surface area contributed by atoms with Gasteiger partial charge in [0.1, 0.15) is 11.5 Å². The molecule has 1 aromatic carbocycles. The molecule has 26 heavy (non-hydrogen) atoms. The molecule has 1 unspecified atom stereocenters. The second-order valence-electron chi connectivity index (χ2n) is 5.62. The van der Waals surface area contributed by atoms with Crippen LogP contribution >= 0.6 is 0 Å². The third-order valence-electron chi connectivity index (χ3n) is 3.96. The lowest BCUT2D eigenvalue weighted by atomic mass is 9.97. The van der Waals surface area contributed by atoms with Crippen molar-refractivity contribution in [1.29, 1.82) is 0 Å². The number of hydrogen-bond donors (Lipinski definition) is 1. The molecule has 1 aliphatic heterocycles. The van der Waals surface area contributed by atoms with Crippen LogP contribution in [-0.2, 0) is 5.72 Å². The number of carbonyl (C=O) groups is 1. The fourth-order valence-corrected chi connectivity index (χ4v) is 2.64. The van der Waals surface area contributed by atoms with Gasteiger partial charge < -0.3 is 9.84 Å². The van der Waals surface area contributed by atoms with Gasteiger partial charge in [-0.05, 0) is 30.3 Å². The summed E-state index contributed by atoms with van der Waals surface area (Å²) in [5, 5.41) is 14.8. The summed E-state index contributed by atoms with van der Waals surface area (Å²) in [6, 6.07) is 8.53. The van der Waals surface area contributed by atoms with Gasteiger partial charge in [-0.1, -0.05) is 6.07 Å². The maximum absolute atomic E-state index is 13.2. The highest BCUT2D eigenvalue weighted by Crippen LogP contribution is 2.40. The van der Waals surface area contributed by atoms with Gasteiger partial charge in [0.05, 0.1) is 13.5 Å². The van der Waals surface area contributed by atoms with Crippen molar-refractivity contribution in [2.24, 2.45) is 5.10 Å². The van der Waals surface area contributed by atoms with E-state index < -0.39 is 29.9 Å². The zero-order valence-corrected chi connectivity index (χ0v) is 13.6. The number of amides is 1. The minimum Gasteiger partial charge on any atom is -0.497 e. The minimum absolute atomic E-state index is 0.0315. The van der Waals surface area contributed by atoms with Crippen LogP contribution in [0.1, 0.15) is 22.3 Å². The van der Waals surface area contributed by atoms with Crippen molar-refractivity contribution >= 4 is 11.6 Å². The van der Waals surface area contributed by atoms with E-state index in [0.717, 1.165) is 0 Å². The van der Waals surface area contributed by atoms with Gasteiger partial charge in [-0.3, -0.25) is 9.78 Å². The van der Waals surface area contributed by atoms with Crippen LogP contribution in [0.25, 0.3) is 0 Å². The van der Waals surface area contributed by atoms with E-state index in [1.54, 1.807) is 6.07 Å². The van der Waals surface area contributed by atoms with E-state index in [1.165, 1.54) is 49.8 Å². The average molecular weight is 365 g/mol. The number of aromatic nitrogens is 1. The summed E-state index contributed by atoms with van der Waals surface area (Å²) < 4.78 is 44.5. The maximum Gasteiger partial charge on any atom is 0.431 e. The number of rotatable bonds is 3. The Labute approximate surface area is 146 Å². The number of benzene rings is 1. The predicted molar refractivity (Wildman–Crippen MR) is 85.4 cm³/mol. The summed E-state index contributed by atoms with van der Waals surface area (Å²) in [7, 11) is 1.40. The Kier molecular flexibility index (Phi) is 4.41. The second kappa shape index (κ2) is 6.41. The fourth-order valence-electron chi connectivity index (χ4n) is 2.64. The van der Waals surface area contributed by atoms with Crippen molar-refractivity contribution < 1.29 is 27.8 Å². The zero-order chi connectivity index (χ0) is 18.9. The van der Waals surface area contributed by atoms with E-state index in [4.69, 9.17) is 4.74 Å². The Balaban J connectivity index is 2.07. The molecule has 1 aromatic heterocycles. The highest BCUT2D eigenvalue weighted by molar-refractivity contribution is 6.00. The zero-order valence-electron chi connectivity index (χ0n) is 13.6. The summed E-state index contributed by atoms with van der Waals surface area (Å²) >= 11 is 0. The third-order valence-corrected chi connectivity index (χ3v) is 3.96. The third kappa shape index (κ3) is 3.13. The van der Waals surface area contributed by atoms with E-state index in [2.05, 4.69) is 10.1 Å². The largest absolute Gasteiger partial charge is 0.497 e. The summed E-state index contributed by atoms with van der Waals surface area (Å²) in [6.07, 6.45) is -3.03. The molecule has 1 N–H and O–H groups in total. The quantitative estimate of drug-likeness (QED) is 0.908. The first-order valence-corrected chi connectivity index (χ1v) is 7.52. The van der Waals surface area contributed by atoms with Crippen molar-refractivity contribution in [3.8, 4) is 5.75 Å². The van der Waals surface area contributed by atoms with Crippen LogP contribution in [0.2, 0.25) is 0 Å². The lowest BCUT2D eigenvalue weighted by Gasteiger charge is -2.31. The van der Waals surface area contributed by atoms with Gasteiger partial charge in [0, 0.05) is 23.5 Å². The second-order valence-corrected chi connectivity index (χ2v) is 5.62. The number of methoxy groups -OCH3 is 1. The number of pyridine rings is 1. The van der Waals surface area contributed by atoms with Crippen molar-refractivity contribution in [3.63, 3.8) is 0 Å². The van der Waals surface area contributed by atoms with Crippen LogP contribution in [0, 0.1) is 0 Å². The Morgan fingerprint density at radius 2 is 1.96 bits per heavy atom. The molecule has 0 saturated heterocycles. The van der Waals surface area contributed by atoms with Crippen LogP contribution in [0.15, 0.2) is 53.9 Å². The number of nitrogens with zero attached hydrogens (tertiary/aromatic N) is 3. The summed E-state index contributed by atoms with van der Waals surface area (Å²) in [6.45, 7) is 0. The Hall–Kier alpha value is -2.94. The highest BCUT2D eigenvalue weighted by Gasteiger charge is 2.53. The van der Waals surface area contributed by atoms with E-state index in [-0.39, 0.29) is 11.1 Å². The maximum atomic E-state index is 13.2. The smallest absolute Gasteiger partial charge is 0.431 e. The molecule has 1 amide bonds. The van der Waals surface area contributed by atoms with Gasteiger partial charge in [0.15, 0.2) is 5.72 Å². The standard InChI is InChI=1S/C17H14F3N3O3/c1-26-13-4-2-3-11(9-13)15(24)23-16(25,12-5-7-21-8-6-12)10-14(22-23)17(18,19)20/h2-9,25H,10H2,1H3. The number of carbonyl (C=O) groups excluding carboxylic acids is 1. The summed E-state index contributed by atoms with van der Waals surface area (Å²) in [5.74, 6) is -0.537. The van der Waals surface area contributed by atoms with Gasteiger partial charge in [-0.2, -0.15) is 23.3 Å². The molecule has 6 nitrogen and oxygen atoms in total. The van der Waals surface area contributed by atoms with Crippen LogP contribution in [0.5, 0.6) is 5.75 Å². The van der Waals surface area contributed by atoms with E-state index in [9.17, 15) is 23.1 Å². The predicted octanol–water partition coefficient (Wildman–Crippen LogP) is 2.70. The van der Waals surface area contributed by atoms with Gasteiger partial charge in [-0.25, -0.2) is 0 Å². The van der Waals surface area contributed by atoms with Crippen LogP contribution < -0.4 is 4.74 Å². The van der Waals surface area contributed by atoms with Crippen molar-refractivity contribution in [2.75, 3.05) is 7.11 Å². The first-order valence-electron chi connectivity index (χ1n) is 7.52. The number of aliphatic hydroxyl groups is 1. The molecule has 0 spiro atoms. The molecule has 136 valence electrons. The van der Waals surface area contributed by atoms with E-state index in [1.807, 2.05) is 0 Å². The van der Waals surface area contributed by atoms with Crippen molar-refractivity contribution in [3.05, 3.63) is 59.9 Å². The number of hydrogen-bond acceptors (Lipinski definition) is 5. The summed E-state index contributed by atoms with van der Waals surface area (Å²) in [5.41, 5.74) is -3.41. The van der Waals surface area contributed by atoms with Crippen molar-refractivity contribution in [2.45, 2.75) is 18.3 Å². The molecule has 1 aliphatic rings. The van der Waals surface area contributed by atoms with Crippen LogP contribution in [0.3, 0.4) is 0 Å². The topological polar surface area (TPSA) is 75.0 Å². The van der Waals surface area contributed by atoms with Gasteiger partial charge >= 0.3 is 6.18 Å². The average Bonchev–Trinajstić information content (AvgIpc) is 3.01. The SMILES string of the molecule is COc1cccc(C(=O)N2N=C(C(F)(F)F)CC2(O)c2ccncc2)c1. The fraction of sp³-hybridized carbons (Fsp3) is 0.235. The summed E-state index contributed by atoms with van der Waals surface area (Å²) in [4.78, 5) is 16.6. The minimum atomic E-state index is -4.77. The number of alkyl halides is 3. The van der Waals surface area contributed by atoms with Gasteiger partial charge in [-0.15, -0.1) is 0 Å². The lowest BCUT2D eigenvalue weighted by molar-refractivity contribution is -0.0816. The molecule has 0 fully saturated rings. The molecule has 9 heteroatoms. The van der Waals surface area contributed by atoms with E-state index in [0.29, 0.717) is 10.8 Å². The van der Waals surface area contributed by atoms with E-state index >= 15 is 0 Å². The van der Waals surface area contributed by atoms with Gasteiger partial charge in [0.2, 0.25) is 0 Å². The highest BCUT2D eigenvalue weighted by atomic mass is 19.4. The Morgan fingerprint density at radius 1 is 1.27 bits per heavy atom. The Bertz CT molecular complexity index is 855. The first-order chi connectivity index (χ1) is 12.3.